The van der Waals surface area contributed by atoms with Gasteiger partial charge < -0.3 is 15.3 Å². The number of piperidine rings is 1. The lowest BCUT2D eigenvalue weighted by Crippen LogP contribution is -2.60. The second kappa shape index (κ2) is 10.4. The number of carboxylic acids is 1. The highest BCUT2D eigenvalue weighted by atomic mass is 16.4. The molecule has 0 aromatic rings. The lowest BCUT2D eigenvalue weighted by molar-refractivity contribution is -0.141. The molecule has 0 saturated carbocycles. The van der Waals surface area contributed by atoms with E-state index in [1.54, 1.807) is 18.0 Å². The molecular weight excluding hydrogens is 382 g/mol. The Morgan fingerprint density at radius 3 is 2.27 bits per heavy atom. The third-order valence-corrected chi connectivity index (χ3v) is 6.07. The normalized spacial score (nSPS) is 23.1. The second-order valence-corrected chi connectivity index (χ2v) is 10.3. The average Bonchev–Trinajstić information content (AvgIpc) is 2.63. The van der Waals surface area contributed by atoms with Crippen molar-refractivity contribution in [2.24, 2.45) is 17.3 Å². The van der Waals surface area contributed by atoms with Gasteiger partial charge in [-0.3, -0.25) is 14.5 Å². The van der Waals surface area contributed by atoms with Gasteiger partial charge in [0.25, 0.3) is 0 Å². The summed E-state index contributed by atoms with van der Waals surface area (Å²) < 4.78 is 0. The van der Waals surface area contributed by atoms with Crippen LogP contribution in [0.25, 0.3) is 0 Å². The summed E-state index contributed by atoms with van der Waals surface area (Å²) in [6.45, 7) is 14.2. The van der Waals surface area contributed by atoms with E-state index in [2.05, 4.69) is 17.1 Å². The third-order valence-electron chi connectivity index (χ3n) is 6.07. The van der Waals surface area contributed by atoms with Crippen molar-refractivity contribution < 1.29 is 19.5 Å². The Hall–Kier alpha value is -1.89. The van der Waals surface area contributed by atoms with E-state index in [0.717, 1.165) is 19.4 Å². The van der Waals surface area contributed by atoms with E-state index in [1.165, 1.54) is 6.92 Å². The average molecular weight is 424 g/mol. The largest absolute Gasteiger partial charge is 0.478 e. The van der Waals surface area contributed by atoms with E-state index in [-0.39, 0.29) is 35.4 Å². The Morgan fingerprint density at radius 2 is 1.80 bits per heavy atom. The lowest BCUT2D eigenvalue weighted by Gasteiger charge is -2.40. The molecule has 7 nitrogen and oxygen atoms in total. The first-order valence-electron chi connectivity index (χ1n) is 10.9. The van der Waals surface area contributed by atoms with Gasteiger partial charge in [-0.1, -0.05) is 47.6 Å². The van der Waals surface area contributed by atoms with E-state index in [9.17, 15) is 19.5 Å². The standard InChI is InChI=1S/C23H41N3O4/c1-14(2)17(13-16(4)22(29)30)26(9)21(28)19(23(5,6)7)24-20(27)18-12-15(3)10-11-25(18)8/h13-15,17-19H,10-12H2,1-9H3,(H,24,27)(H,29,30)/b16-13+/t15-,17+,18-,19+/m0/s1. The van der Waals surface area contributed by atoms with Crippen LogP contribution < -0.4 is 5.32 Å². The van der Waals surface area contributed by atoms with Gasteiger partial charge in [0.05, 0.1) is 12.1 Å². The molecule has 1 saturated heterocycles. The van der Waals surface area contributed by atoms with Crippen LogP contribution in [0.3, 0.4) is 0 Å². The van der Waals surface area contributed by atoms with Crippen LogP contribution in [0.2, 0.25) is 0 Å². The molecule has 30 heavy (non-hydrogen) atoms. The summed E-state index contributed by atoms with van der Waals surface area (Å²) in [5, 5.41) is 12.3. The molecule has 4 atom stereocenters. The van der Waals surface area contributed by atoms with Crippen LogP contribution in [-0.4, -0.2) is 71.5 Å². The molecule has 1 heterocycles. The molecule has 0 unspecified atom stereocenters. The fourth-order valence-corrected chi connectivity index (χ4v) is 3.88. The van der Waals surface area contributed by atoms with Crippen molar-refractivity contribution in [1.82, 2.24) is 15.1 Å². The van der Waals surface area contributed by atoms with Gasteiger partial charge >= 0.3 is 5.97 Å². The minimum atomic E-state index is -1.00. The number of hydrogen-bond donors (Lipinski definition) is 2. The first-order chi connectivity index (χ1) is 13.7. The van der Waals surface area contributed by atoms with Gasteiger partial charge in [-0.15, -0.1) is 0 Å². The highest BCUT2D eigenvalue weighted by molar-refractivity contribution is 5.91. The number of amides is 2. The maximum absolute atomic E-state index is 13.5. The molecule has 0 bridgehead atoms. The summed E-state index contributed by atoms with van der Waals surface area (Å²) in [6.07, 6.45) is 3.46. The van der Waals surface area contributed by atoms with E-state index in [4.69, 9.17) is 0 Å². The van der Waals surface area contributed by atoms with Crippen molar-refractivity contribution in [3.63, 3.8) is 0 Å². The van der Waals surface area contributed by atoms with Crippen molar-refractivity contribution in [3.8, 4) is 0 Å². The zero-order valence-corrected chi connectivity index (χ0v) is 20.2. The Kier molecular flexibility index (Phi) is 9.08. The predicted octanol–water partition coefficient (Wildman–Crippen LogP) is 2.76. The number of likely N-dealkylation sites (tertiary alicyclic amines) is 1. The summed E-state index contributed by atoms with van der Waals surface area (Å²) >= 11 is 0. The van der Waals surface area contributed by atoms with E-state index in [1.807, 2.05) is 41.7 Å². The Morgan fingerprint density at radius 1 is 1.23 bits per heavy atom. The fourth-order valence-electron chi connectivity index (χ4n) is 3.88. The maximum atomic E-state index is 13.5. The first kappa shape index (κ1) is 26.1. The minimum absolute atomic E-state index is 0.0231. The number of likely N-dealkylation sites (N-methyl/N-ethyl adjacent to an activating group) is 2. The van der Waals surface area contributed by atoms with Crippen molar-refractivity contribution in [1.29, 1.82) is 0 Å². The van der Waals surface area contributed by atoms with Crippen LogP contribution in [-0.2, 0) is 14.4 Å². The zero-order valence-electron chi connectivity index (χ0n) is 20.2. The van der Waals surface area contributed by atoms with Gasteiger partial charge in [-0.2, -0.15) is 0 Å². The number of aliphatic carboxylic acids is 1. The van der Waals surface area contributed by atoms with Crippen LogP contribution in [0.4, 0.5) is 0 Å². The molecule has 0 aromatic heterocycles. The van der Waals surface area contributed by atoms with Crippen LogP contribution in [0.1, 0.15) is 61.3 Å². The molecule has 7 heteroatoms. The molecule has 2 N–H and O–H groups in total. The molecular formula is C23H41N3O4. The molecule has 1 fully saturated rings. The Labute approximate surface area is 181 Å². The highest BCUT2D eigenvalue weighted by Gasteiger charge is 2.39. The number of carbonyl (C=O) groups is 3. The van der Waals surface area contributed by atoms with Gasteiger partial charge in [0, 0.05) is 12.6 Å². The van der Waals surface area contributed by atoms with Crippen LogP contribution in [0, 0.1) is 17.3 Å². The SMILES string of the molecule is C/C(=C\[C@H](C(C)C)N(C)C(=O)[C@@H](NC(=O)[C@@H]1C[C@@H](C)CCN1C)C(C)(C)C)C(=O)O. The Bertz CT molecular complexity index is 666. The summed E-state index contributed by atoms with van der Waals surface area (Å²) in [6, 6.07) is -1.33. The van der Waals surface area contributed by atoms with Crippen LogP contribution in [0.5, 0.6) is 0 Å². The maximum Gasteiger partial charge on any atom is 0.331 e. The summed E-state index contributed by atoms with van der Waals surface area (Å²) in [7, 11) is 3.63. The number of carboxylic acid groups (broad SMARTS) is 1. The Balaban J connectivity index is 3.12. The molecule has 2 amide bonds. The lowest BCUT2D eigenvalue weighted by atomic mass is 9.84. The van der Waals surface area contributed by atoms with Crippen LogP contribution >= 0.6 is 0 Å². The molecule has 0 spiro atoms. The van der Waals surface area contributed by atoms with Crippen molar-refractivity contribution in [2.45, 2.75) is 79.4 Å². The molecule has 1 aliphatic heterocycles. The summed E-state index contributed by atoms with van der Waals surface area (Å²) in [5.41, 5.74) is -0.296. The molecule has 0 radical (unpaired) electrons. The van der Waals surface area contributed by atoms with E-state index in [0.29, 0.717) is 5.92 Å². The van der Waals surface area contributed by atoms with Crippen molar-refractivity contribution in [2.75, 3.05) is 20.6 Å². The van der Waals surface area contributed by atoms with E-state index >= 15 is 0 Å². The zero-order chi connectivity index (χ0) is 23.4. The van der Waals surface area contributed by atoms with Gasteiger partial charge in [0.15, 0.2) is 0 Å². The quantitative estimate of drug-likeness (QED) is 0.615. The number of carbonyl (C=O) groups excluding carboxylic acids is 2. The van der Waals surface area contributed by atoms with Gasteiger partial charge in [-0.05, 0) is 50.6 Å². The predicted molar refractivity (Wildman–Crippen MR) is 119 cm³/mol. The number of nitrogens with one attached hydrogen (secondary N) is 1. The van der Waals surface area contributed by atoms with Crippen molar-refractivity contribution >= 4 is 17.8 Å². The van der Waals surface area contributed by atoms with E-state index < -0.39 is 17.4 Å². The fraction of sp³-hybridized carbons (Fsp3) is 0.783. The monoisotopic (exact) mass is 423 g/mol. The van der Waals surface area contributed by atoms with Crippen molar-refractivity contribution in [3.05, 3.63) is 11.6 Å². The minimum Gasteiger partial charge on any atom is -0.478 e. The van der Waals surface area contributed by atoms with Gasteiger partial charge in [0.2, 0.25) is 11.8 Å². The molecule has 1 aliphatic rings. The first-order valence-corrected chi connectivity index (χ1v) is 10.9. The number of nitrogens with zero attached hydrogens (tertiary/aromatic N) is 2. The topological polar surface area (TPSA) is 90.0 Å². The van der Waals surface area contributed by atoms with Gasteiger partial charge in [-0.25, -0.2) is 4.79 Å². The highest BCUT2D eigenvalue weighted by Crippen LogP contribution is 2.26. The summed E-state index contributed by atoms with van der Waals surface area (Å²) in [4.78, 5) is 41.5. The smallest absolute Gasteiger partial charge is 0.331 e. The molecule has 172 valence electrons. The summed E-state index contributed by atoms with van der Waals surface area (Å²) in [5.74, 6) is -0.844. The molecule has 1 rings (SSSR count). The van der Waals surface area contributed by atoms with Gasteiger partial charge in [0.1, 0.15) is 6.04 Å². The second-order valence-electron chi connectivity index (χ2n) is 10.3. The number of rotatable bonds is 7. The number of hydrogen-bond acceptors (Lipinski definition) is 4. The third kappa shape index (κ3) is 6.83. The van der Waals surface area contributed by atoms with Crippen LogP contribution in [0.15, 0.2) is 11.6 Å². The molecule has 0 aliphatic carbocycles. The molecule has 0 aromatic carbocycles.